The Morgan fingerprint density at radius 2 is 2.04 bits per heavy atom. The number of aromatic nitrogens is 3. The first-order chi connectivity index (χ1) is 12.4. The van der Waals surface area contributed by atoms with E-state index in [9.17, 15) is 4.79 Å². The summed E-state index contributed by atoms with van der Waals surface area (Å²) in [6.07, 6.45) is 2.31. The maximum atomic E-state index is 12.1. The number of fused-ring (bicyclic) bond motifs is 2. The molecule has 0 spiro atoms. The van der Waals surface area contributed by atoms with Gasteiger partial charge in [-0.3, -0.25) is 4.79 Å². The molecule has 3 heterocycles. The molecule has 1 saturated carbocycles. The van der Waals surface area contributed by atoms with Crippen LogP contribution in [0.2, 0.25) is 0 Å². The van der Waals surface area contributed by atoms with Crippen molar-refractivity contribution in [1.29, 1.82) is 0 Å². The predicted octanol–water partition coefficient (Wildman–Crippen LogP) is 3.70. The minimum atomic E-state index is -0.0267. The third-order valence-electron chi connectivity index (χ3n) is 5.45. The fraction of sp³-hybridized carbons (Fsp3) is 0.350. The Bertz CT molecular complexity index is 1060. The van der Waals surface area contributed by atoms with Crippen LogP contribution >= 0.6 is 0 Å². The maximum Gasteiger partial charge on any atom is 0.253 e. The lowest BCUT2D eigenvalue weighted by molar-refractivity contribution is 0.0958. The van der Waals surface area contributed by atoms with E-state index in [1.807, 2.05) is 38.1 Å². The van der Waals surface area contributed by atoms with Crippen LogP contribution in [0, 0.1) is 6.92 Å². The predicted molar refractivity (Wildman–Crippen MR) is 101 cm³/mol. The van der Waals surface area contributed by atoms with E-state index in [-0.39, 0.29) is 17.5 Å². The Hall–Kier alpha value is -2.89. The average Bonchev–Trinajstić information content (AvgIpc) is 3.06. The highest BCUT2D eigenvalue weighted by molar-refractivity contribution is 6.01. The van der Waals surface area contributed by atoms with E-state index in [1.165, 1.54) is 0 Å². The SMILES string of the molecule is Cc1nc2cccc(-c3cc4c([nH]3)[C@@H](C)NC4=O)c2nc1NC1(C)CC1. The lowest BCUT2D eigenvalue weighted by atomic mass is 10.1. The zero-order valence-corrected chi connectivity index (χ0v) is 15.1. The second-order valence-corrected chi connectivity index (χ2v) is 7.72. The van der Waals surface area contributed by atoms with Gasteiger partial charge in [0.15, 0.2) is 0 Å². The summed E-state index contributed by atoms with van der Waals surface area (Å²) in [5, 5.41) is 6.46. The van der Waals surface area contributed by atoms with Crippen molar-refractivity contribution >= 4 is 22.8 Å². The molecule has 0 radical (unpaired) electrons. The number of hydrogen-bond donors (Lipinski definition) is 3. The zero-order chi connectivity index (χ0) is 18.1. The monoisotopic (exact) mass is 347 g/mol. The fourth-order valence-corrected chi connectivity index (χ4v) is 3.59. The minimum absolute atomic E-state index is 0.00148. The van der Waals surface area contributed by atoms with E-state index >= 15 is 0 Å². The molecule has 1 aromatic carbocycles. The Kier molecular flexibility index (Phi) is 2.99. The van der Waals surface area contributed by atoms with Crippen LogP contribution < -0.4 is 10.6 Å². The molecular formula is C20H21N5O. The van der Waals surface area contributed by atoms with E-state index in [4.69, 9.17) is 9.97 Å². The smallest absolute Gasteiger partial charge is 0.253 e. The normalized spacial score (nSPS) is 20.1. The molecule has 0 unspecified atom stereocenters. The summed E-state index contributed by atoms with van der Waals surface area (Å²) in [4.78, 5) is 25.1. The highest BCUT2D eigenvalue weighted by Crippen LogP contribution is 2.39. The Balaban J connectivity index is 1.66. The van der Waals surface area contributed by atoms with Gasteiger partial charge in [0.1, 0.15) is 11.3 Å². The van der Waals surface area contributed by atoms with Crippen LogP contribution in [0.25, 0.3) is 22.3 Å². The van der Waals surface area contributed by atoms with Crippen molar-refractivity contribution in [1.82, 2.24) is 20.3 Å². The zero-order valence-electron chi connectivity index (χ0n) is 15.1. The third-order valence-corrected chi connectivity index (χ3v) is 5.45. The van der Waals surface area contributed by atoms with Gasteiger partial charge in [-0.15, -0.1) is 0 Å². The number of para-hydroxylation sites is 1. The van der Waals surface area contributed by atoms with Gasteiger partial charge >= 0.3 is 0 Å². The molecule has 0 bridgehead atoms. The number of amides is 1. The number of carbonyl (C=O) groups is 1. The number of aryl methyl sites for hydroxylation is 1. The molecule has 2 aliphatic rings. The second kappa shape index (κ2) is 5.06. The van der Waals surface area contributed by atoms with Gasteiger partial charge < -0.3 is 15.6 Å². The van der Waals surface area contributed by atoms with Gasteiger partial charge in [0.2, 0.25) is 0 Å². The molecule has 2 aromatic heterocycles. The van der Waals surface area contributed by atoms with Crippen molar-refractivity contribution in [3.05, 3.63) is 41.2 Å². The first-order valence-electron chi connectivity index (χ1n) is 9.03. The van der Waals surface area contributed by atoms with Crippen molar-refractivity contribution in [3.63, 3.8) is 0 Å². The van der Waals surface area contributed by atoms with E-state index in [0.717, 1.165) is 52.3 Å². The van der Waals surface area contributed by atoms with Crippen LogP contribution in [-0.2, 0) is 0 Å². The van der Waals surface area contributed by atoms with E-state index < -0.39 is 0 Å². The summed E-state index contributed by atoms with van der Waals surface area (Å²) in [5.74, 6) is 0.816. The number of benzene rings is 1. The van der Waals surface area contributed by atoms with Crippen molar-refractivity contribution in [2.45, 2.75) is 45.2 Å². The molecule has 1 fully saturated rings. The highest BCUT2D eigenvalue weighted by Gasteiger charge is 2.38. The lowest BCUT2D eigenvalue weighted by Crippen LogP contribution is -2.18. The molecule has 6 heteroatoms. The molecule has 5 rings (SSSR count). The van der Waals surface area contributed by atoms with Gasteiger partial charge in [-0.25, -0.2) is 9.97 Å². The quantitative estimate of drug-likeness (QED) is 0.674. The van der Waals surface area contributed by atoms with Crippen LogP contribution in [0.1, 0.15) is 54.5 Å². The molecule has 1 aliphatic heterocycles. The number of hydrogen-bond acceptors (Lipinski definition) is 4. The molecule has 132 valence electrons. The molecule has 3 N–H and O–H groups in total. The molecule has 6 nitrogen and oxygen atoms in total. The first-order valence-corrected chi connectivity index (χ1v) is 9.03. The molecule has 3 aromatic rings. The van der Waals surface area contributed by atoms with Gasteiger partial charge in [-0.2, -0.15) is 0 Å². The van der Waals surface area contributed by atoms with Gasteiger partial charge in [0.25, 0.3) is 5.91 Å². The number of anilines is 1. The standard InChI is InChI=1S/C20H21N5O/c1-10-16-13(19(26)22-10)9-15(23-16)12-5-4-6-14-17(12)24-18(11(2)21-14)25-20(3)7-8-20/h4-6,9-10,23H,7-8H2,1-3H3,(H,22,26)(H,24,25)/t10-/m1/s1. The third kappa shape index (κ3) is 2.29. The van der Waals surface area contributed by atoms with Crippen LogP contribution in [0.3, 0.4) is 0 Å². The van der Waals surface area contributed by atoms with Crippen molar-refractivity contribution < 1.29 is 4.79 Å². The Morgan fingerprint density at radius 3 is 2.77 bits per heavy atom. The number of carbonyl (C=O) groups excluding carboxylic acids is 1. The fourth-order valence-electron chi connectivity index (χ4n) is 3.59. The van der Waals surface area contributed by atoms with Crippen LogP contribution in [0.4, 0.5) is 5.82 Å². The summed E-state index contributed by atoms with van der Waals surface area (Å²) < 4.78 is 0. The van der Waals surface area contributed by atoms with Crippen molar-refractivity contribution in [2.24, 2.45) is 0 Å². The summed E-state index contributed by atoms with van der Waals surface area (Å²) in [5.41, 5.74) is 6.28. The number of aromatic amines is 1. The number of nitrogens with zero attached hydrogens (tertiary/aromatic N) is 2. The van der Waals surface area contributed by atoms with E-state index in [0.29, 0.717) is 5.56 Å². The maximum absolute atomic E-state index is 12.1. The van der Waals surface area contributed by atoms with Gasteiger partial charge in [0.05, 0.1) is 28.5 Å². The van der Waals surface area contributed by atoms with Gasteiger partial charge in [0, 0.05) is 16.8 Å². The first kappa shape index (κ1) is 15.4. The summed E-state index contributed by atoms with van der Waals surface area (Å²) in [6.45, 7) is 6.18. The van der Waals surface area contributed by atoms with Crippen LogP contribution in [-0.4, -0.2) is 26.4 Å². The summed E-state index contributed by atoms with van der Waals surface area (Å²) in [6, 6.07) is 7.91. The van der Waals surface area contributed by atoms with Gasteiger partial charge in [-0.05, 0) is 45.7 Å². The molecule has 0 saturated heterocycles. The van der Waals surface area contributed by atoms with E-state index in [1.54, 1.807) is 0 Å². The van der Waals surface area contributed by atoms with Crippen LogP contribution in [0.5, 0.6) is 0 Å². The molecule has 1 amide bonds. The summed E-state index contributed by atoms with van der Waals surface area (Å²) in [7, 11) is 0. The Morgan fingerprint density at radius 1 is 1.23 bits per heavy atom. The number of rotatable bonds is 3. The van der Waals surface area contributed by atoms with Crippen molar-refractivity contribution in [3.8, 4) is 11.3 Å². The minimum Gasteiger partial charge on any atom is -0.363 e. The molecule has 1 aliphatic carbocycles. The largest absolute Gasteiger partial charge is 0.363 e. The lowest BCUT2D eigenvalue weighted by Gasteiger charge is -2.15. The topological polar surface area (TPSA) is 82.7 Å². The van der Waals surface area contributed by atoms with Gasteiger partial charge in [-0.1, -0.05) is 12.1 Å². The number of H-pyrrole nitrogens is 1. The second-order valence-electron chi connectivity index (χ2n) is 7.72. The van der Waals surface area contributed by atoms with Crippen LogP contribution in [0.15, 0.2) is 24.3 Å². The summed E-state index contributed by atoms with van der Waals surface area (Å²) >= 11 is 0. The Labute approximate surface area is 151 Å². The van der Waals surface area contributed by atoms with Crippen molar-refractivity contribution in [2.75, 3.05) is 5.32 Å². The molecule has 26 heavy (non-hydrogen) atoms. The average molecular weight is 347 g/mol. The highest BCUT2D eigenvalue weighted by atomic mass is 16.2. The number of nitrogens with one attached hydrogen (secondary N) is 3. The molecular weight excluding hydrogens is 326 g/mol. The van der Waals surface area contributed by atoms with E-state index in [2.05, 4.69) is 22.5 Å². The molecule has 1 atom stereocenters.